The van der Waals surface area contributed by atoms with Crippen molar-refractivity contribution in [3.63, 3.8) is 0 Å². The van der Waals surface area contributed by atoms with Crippen LogP contribution in [0.5, 0.6) is 0 Å². The first-order valence-electron chi connectivity index (χ1n) is 5.81. The van der Waals surface area contributed by atoms with Crippen molar-refractivity contribution in [2.75, 3.05) is 19.5 Å². The van der Waals surface area contributed by atoms with E-state index in [0.717, 1.165) is 0 Å². The second kappa shape index (κ2) is 5.54. The average molecular weight is 282 g/mol. The topological polar surface area (TPSA) is 64.3 Å². The highest BCUT2D eigenvalue weighted by atomic mass is 32.1. The Bertz CT molecular complexity index is 612. The monoisotopic (exact) mass is 282 g/mol. The van der Waals surface area contributed by atoms with Gasteiger partial charge in [0.05, 0.1) is 17.7 Å². The fourth-order valence-corrected chi connectivity index (χ4v) is 2.92. The molecular formula is C13H15FN2O2S. The van der Waals surface area contributed by atoms with Crippen LogP contribution in [0.1, 0.15) is 16.6 Å². The van der Waals surface area contributed by atoms with E-state index in [9.17, 15) is 9.18 Å². The molecule has 3 N–H and O–H groups in total. The van der Waals surface area contributed by atoms with Crippen LogP contribution < -0.4 is 11.1 Å². The molecule has 4 nitrogen and oxygen atoms in total. The fraction of sp³-hybridized carbons (Fsp3) is 0.308. The number of nitrogens with one attached hydrogen (secondary N) is 1. The number of rotatable bonds is 4. The summed E-state index contributed by atoms with van der Waals surface area (Å²) in [6.07, 6.45) is 0. The van der Waals surface area contributed by atoms with Crippen molar-refractivity contribution in [2.24, 2.45) is 0 Å². The summed E-state index contributed by atoms with van der Waals surface area (Å²) >= 11 is 1.19. The Kier molecular flexibility index (Phi) is 4.01. The van der Waals surface area contributed by atoms with Crippen molar-refractivity contribution in [3.05, 3.63) is 28.9 Å². The van der Waals surface area contributed by atoms with Crippen LogP contribution in [0.25, 0.3) is 10.1 Å². The summed E-state index contributed by atoms with van der Waals surface area (Å²) < 4.78 is 19.3. The fourth-order valence-electron chi connectivity index (χ4n) is 1.88. The first-order valence-corrected chi connectivity index (χ1v) is 6.62. The lowest BCUT2D eigenvalue weighted by molar-refractivity contribution is 0.0910. The molecule has 19 heavy (non-hydrogen) atoms. The number of carbonyl (C=O) groups is 1. The van der Waals surface area contributed by atoms with Crippen molar-refractivity contribution in [3.8, 4) is 0 Å². The number of ether oxygens (including phenoxy) is 1. The number of halogens is 1. The van der Waals surface area contributed by atoms with Gasteiger partial charge in [0, 0.05) is 17.9 Å². The Morgan fingerprint density at radius 1 is 1.58 bits per heavy atom. The molecule has 0 spiro atoms. The molecule has 0 radical (unpaired) electrons. The van der Waals surface area contributed by atoms with E-state index < -0.39 is 5.82 Å². The molecule has 1 heterocycles. The van der Waals surface area contributed by atoms with Gasteiger partial charge in [-0.3, -0.25) is 4.79 Å². The predicted octanol–water partition coefficient (Wildman–Crippen LogP) is 2.39. The summed E-state index contributed by atoms with van der Waals surface area (Å²) in [6.45, 7) is 2.23. The SMILES string of the molecule is COCC(C)NC(=O)c1sc2cccc(F)c2c1N. The van der Waals surface area contributed by atoms with E-state index in [4.69, 9.17) is 10.5 Å². The standard InChI is InChI=1S/C13H15FN2O2S/c1-7(6-18-2)16-13(17)12-11(15)10-8(14)4-3-5-9(10)19-12/h3-5,7H,6,15H2,1-2H3,(H,16,17). The van der Waals surface area contributed by atoms with Gasteiger partial charge in [-0.1, -0.05) is 6.07 Å². The van der Waals surface area contributed by atoms with Gasteiger partial charge in [-0.05, 0) is 19.1 Å². The number of anilines is 1. The number of fused-ring (bicyclic) bond motifs is 1. The van der Waals surface area contributed by atoms with Crippen LogP contribution in [0.4, 0.5) is 10.1 Å². The van der Waals surface area contributed by atoms with Crippen LogP contribution in [0, 0.1) is 5.82 Å². The van der Waals surface area contributed by atoms with Gasteiger partial charge in [0.1, 0.15) is 10.7 Å². The zero-order valence-corrected chi connectivity index (χ0v) is 11.5. The quantitative estimate of drug-likeness (QED) is 0.905. The molecule has 6 heteroatoms. The molecule has 0 aliphatic heterocycles. The number of hydrogen-bond donors (Lipinski definition) is 2. The molecule has 0 bridgehead atoms. The molecule has 2 aromatic rings. The normalized spacial score (nSPS) is 12.6. The lowest BCUT2D eigenvalue weighted by Gasteiger charge is -2.11. The molecule has 1 atom stereocenters. The number of hydrogen-bond acceptors (Lipinski definition) is 4. The number of carbonyl (C=O) groups excluding carboxylic acids is 1. The van der Waals surface area contributed by atoms with Crippen LogP contribution in [0.3, 0.4) is 0 Å². The molecule has 0 saturated heterocycles. The van der Waals surface area contributed by atoms with E-state index in [1.54, 1.807) is 19.2 Å². The highest BCUT2D eigenvalue weighted by Crippen LogP contribution is 2.35. The second-order valence-corrected chi connectivity index (χ2v) is 5.34. The van der Waals surface area contributed by atoms with E-state index in [0.29, 0.717) is 21.6 Å². The molecule has 102 valence electrons. The summed E-state index contributed by atoms with van der Waals surface area (Å²) in [5.41, 5.74) is 6.06. The number of nitrogens with two attached hydrogens (primary N) is 1. The van der Waals surface area contributed by atoms with Crippen molar-refractivity contribution < 1.29 is 13.9 Å². The summed E-state index contributed by atoms with van der Waals surface area (Å²) in [4.78, 5) is 12.4. The molecule has 1 aromatic carbocycles. The zero-order chi connectivity index (χ0) is 14.0. The molecule has 1 aromatic heterocycles. The highest BCUT2D eigenvalue weighted by molar-refractivity contribution is 7.21. The predicted molar refractivity (Wildman–Crippen MR) is 75.0 cm³/mol. The zero-order valence-electron chi connectivity index (χ0n) is 10.7. The van der Waals surface area contributed by atoms with Crippen LogP contribution in [0.2, 0.25) is 0 Å². The van der Waals surface area contributed by atoms with Crippen LogP contribution in [-0.4, -0.2) is 25.7 Å². The van der Waals surface area contributed by atoms with Gasteiger partial charge < -0.3 is 15.8 Å². The number of amides is 1. The second-order valence-electron chi connectivity index (χ2n) is 4.29. The van der Waals surface area contributed by atoms with Crippen LogP contribution >= 0.6 is 11.3 Å². The highest BCUT2D eigenvalue weighted by Gasteiger charge is 2.19. The first kappa shape index (κ1) is 13.8. The molecular weight excluding hydrogens is 267 g/mol. The van der Waals surface area contributed by atoms with Gasteiger partial charge in [-0.25, -0.2) is 4.39 Å². The Morgan fingerprint density at radius 2 is 2.32 bits per heavy atom. The first-order chi connectivity index (χ1) is 9.04. The Labute approximate surface area is 114 Å². The molecule has 0 saturated carbocycles. The van der Waals surface area contributed by atoms with Gasteiger partial charge in [-0.2, -0.15) is 0 Å². The van der Waals surface area contributed by atoms with Crippen molar-refractivity contribution in [1.29, 1.82) is 0 Å². The minimum absolute atomic E-state index is 0.132. The maximum atomic E-state index is 13.7. The lowest BCUT2D eigenvalue weighted by atomic mass is 10.2. The van der Waals surface area contributed by atoms with E-state index in [2.05, 4.69) is 5.32 Å². The van der Waals surface area contributed by atoms with E-state index in [1.165, 1.54) is 17.4 Å². The van der Waals surface area contributed by atoms with Gasteiger partial charge in [-0.15, -0.1) is 11.3 Å². The van der Waals surface area contributed by atoms with Crippen molar-refractivity contribution in [1.82, 2.24) is 5.32 Å². The van der Waals surface area contributed by atoms with E-state index in [1.807, 2.05) is 6.92 Å². The third-order valence-corrected chi connectivity index (χ3v) is 3.87. The average Bonchev–Trinajstić information content (AvgIpc) is 2.68. The van der Waals surface area contributed by atoms with Crippen molar-refractivity contribution in [2.45, 2.75) is 13.0 Å². The Hall–Kier alpha value is -1.66. The summed E-state index contributed by atoms with van der Waals surface area (Å²) in [6, 6.07) is 4.55. The number of thiophene rings is 1. The smallest absolute Gasteiger partial charge is 0.263 e. The van der Waals surface area contributed by atoms with E-state index >= 15 is 0 Å². The third-order valence-electron chi connectivity index (χ3n) is 2.70. The molecule has 0 aliphatic rings. The van der Waals surface area contributed by atoms with Gasteiger partial charge in [0.25, 0.3) is 5.91 Å². The molecule has 0 fully saturated rings. The number of methoxy groups -OCH3 is 1. The largest absolute Gasteiger partial charge is 0.397 e. The molecule has 0 aliphatic carbocycles. The molecule has 2 rings (SSSR count). The minimum atomic E-state index is -0.407. The minimum Gasteiger partial charge on any atom is -0.397 e. The van der Waals surface area contributed by atoms with Crippen LogP contribution in [0.15, 0.2) is 18.2 Å². The molecule has 1 unspecified atom stereocenters. The maximum absolute atomic E-state index is 13.7. The number of nitrogen functional groups attached to an aromatic ring is 1. The molecule has 1 amide bonds. The van der Waals surface area contributed by atoms with Gasteiger partial charge in [0.15, 0.2) is 0 Å². The summed E-state index contributed by atoms with van der Waals surface area (Å²) in [5, 5.41) is 3.08. The van der Waals surface area contributed by atoms with Gasteiger partial charge in [0.2, 0.25) is 0 Å². The van der Waals surface area contributed by atoms with E-state index in [-0.39, 0.29) is 17.6 Å². The maximum Gasteiger partial charge on any atom is 0.263 e. The summed E-state index contributed by atoms with van der Waals surface area (Å²) in [5.74, 6) is -0.710. The Morgan fingerprint density at radius 3 is 2.95 bits per heavy atom. The summed E-state index contributed by atoms with van der Waals surface area (Å²) in [7, 11) is 1.56. The van der Waals surface area contributed by atoms with Gasteiger partial charge >= 0.3 is 0 Å². The van der Waals surface area contributed by atoms with Crippen LogP contribution in [-0.2, 0) is 4.74 Å². The van der Waals surface area contributed by atoms with Crippen molar-refractivity contribution >= 4 is 33.0 Å². The number of benzene rings is 1. The Balaban J connectivity index is 2.33. The third kappa shape index (κ3) is 2.69. The lowest BCUT2D eigenvalue weighted by Crippen LogP contribution is -2.35.